The topological polar surface area (TPSA) is 226 Å². The van der Waals surface area contributed by atoms with Gasteiger partial charge in [-0.3, -0.25) is 20.0 Å². The second kappa shape index (κ2) is 24.8. The molecule has 0 spiro atoms. The van der Waals surface area contributed by atoms with Crippen LogP contribution in [0.4, 0.5) is 13.2 Å². The maximum atomic E-state index is 13.6. The van der Waals surface area contributed by atoms with Crippen LogP contribution in [0.1, 0.15) is 56.9 Å². The van der Waals surface area contributed by atoms with Crippen LogP contribution in [-0.4, -0.2) is 178 Å². The van der Waals surface area contributed by atoms with Crippen molar-refractivity contribution in [1.29, 1.82) is 0 Å². The van der Waals surface area contributed by atoms with Crippen molar-refractivity contribution in [3.63, 3.8) is 0 Å². The van der Waals surface area contributed by atoms with E-state index < -0.39 is 47.7 Å². The number of nitrogens with one attached hydrogen (secondary N) is 2. The lowest BCUT2D eigenvalue weighted by atomic mass is 9.95. The number of rotatable bonds is 17. The van der Waals surface area contributed by atoms with E-state index in [9.17, 15) is 50.0 Å². The first-order valence-corrected chi connectivity index (χ1v) is 24.8. The molecule has 4 heterocycles. The van der Waals surface area contributed by atoms with Gasteiger partial charge in [-0.25, -0.2) is 36.4 Å². The molecule has 19 nitrogen and oxygen atoms in total. The molecule has 4 aliphatic rings. The number of aryl methyl sites for hydroxylation is 1. The minimum atomic E-state index is -4.79. The lowest BCUT2D eigenvalue weighted by molar-refractivity contribution is -0.274. The van der Waals surface area contributed by atoms with Gasteiger partial charge in [-0.15, -0.1) is 25.6 Å². The molecule has 0 atom stereocenters. The largest absolute Gasteiger partial charge is 0.573 e. The highest BCUT2D eigenvalue weighted by atomic mass is 35.5. The van der Waals surface area contributed by atoms with Crippen LogP contribution in [0.15, 0.2) is 48.5 Å². The number of alkyl halides is 3. The summed E-state index contributed by atoms with van der Waals surface area (Å²) < 4.78 is 116. The molecule has 4 N–H and O–H groups in total. The van der Waals surface area contributed by atoms with Crippen LogP contribution < -0.4 is 25.2 Å². The lowest BCUT2D eigenvalue weighted by Crippen LogP contribution is -2.62. The number of hydrogen-bond donors (Lipinski definition) is 4. The van der Waals surface area contributed by atoms with Crippen LogP contribution in [0.25, 0.3) is 0 Å². The molecule has 4 fully saturated rings. The molecule has 2 aromatic carbocycles. The standard InChI is InChI=1S/C21H30F3N3O7S.C21H33N3O6S.ClH/c1-32-15-14-26-12-8-20(9-13-26,19(28)25-29)35(30,31)27-10-6-17(7-11-27)33-16-2-4-18(5-3-16)34-21(22,23)24;1-17-3-5-18(6-4-17)30-19-7-11-24(12-8-19)31(27,28)21(20(25)22-26)9-13-23(14-10-21)15-16-29-2;/h2-5,17,29H,6-15H2,1H3,(H,25,28);3-6,19,26H,7-16H2,1-2H3,(H,22,25);1H. The molecule has 0 unspecified atom stereocenters. The summed E-state index contributed by atoms with van der Waals surface area (Å²) in [4.78, 5) is 29.3. The lowest BCUT2D eigenvalue weighted by Gasteiger charge is -2.43. The molecular weight excluding hydrogens is 953 g/mol. The third kappa shape index (κ3) is 14.0. The van der Waals surface area contributed by atoms with E-state index in [4.69, 9.17) is 18.9 Å². The highest BCUT2D eigenvalue weighted by Crippen LogP contribution is 2.37. The number of nitrogens with zero attached hydrogens (tertiary/aromatic N) is 4. The molecule has 0 radical (unpaired) electrons. The van der Waals surface area contributed by atoms with E-state index in [0.29, 0.717) is 83.9 Å². The number of carbonyl (C=O) groups is 2. The second-order valence-electron chi connectivity index (χ2n) is 16.8. The van der Waals surface area contributed by atoms with Crippen LogP contribution in [-0.2, 0) is 39.1 Å². The number of sulfonamides is 2. The highest BCUT2D eigenvalue weighted by molar-refractivity contribution is 7.91. The summed E-state index contributed by atoms with van der Waals surface area (Å²) in [6, 6.07) is 12.8. The van der Waals surface area contributed by atoms with Gasteiger partial charge >= 0.3 is 6.36 Å². The molecule has 2 aromatic rings. The van der Waals surface area contributed by atoms with Crippen LogP contribution in [0.5, 0.6) is 17.2 Å². The van der Waals surface area contributed by atoms with Gasteiger partial charge in [0.2, 0.25) is 20.0 Å². The Morgan fingerprint density at radius 3 is 1.27 bits per heavy atom. The van der Waals surface area contributed by atoms with E-state index in [1.165, 1.54) is 20.7 Å². The smallest absolute Gasteiger partial charge is 0.490 e. The van der Waals surface area contributed by atoms with Gasteiger partial charge in [0, 0.05) is 79.7 Å². The van der Waals surface area contributed by atoms with E-state index in [2.05, 4.69) is 9.64 Å². The zero-order valence-electron chi connectivity index (χ0n) is 37.9. The number of benzene rings is 2. The van der Waals surface area contributed by atoms with Crippen molar-refractivity contribution in [2.75, 3.05) is 92.9 Å². The molecule has 0 saturated carbocycles. The van der Waals surface area contributed by atoms with Crippen molar-refractivity contribution >= 4 is 44.3 Å². The van der Waals surface area contributed by atoms with Crippen LogP contribution in [0.3, 0.4) is 0 Å². The fourth-order valence-corrected chi connectivity index (χ4v) is 13.0. The molecule has 0 aliphatic carbocycles. The van der Waals surface area contributed by atoms with Gasteiger partial charge in [0.25, 0.3) is 11.8 Å². The van der Waals surface area contributed by atoms with E-state index in [1.807, 2.05) is 36.1 Å². The normalized spacial score (nSPS) is 20.4. The summed E-state index contributed by atoms with van der Waals surface area (Å²) in [7, 11) is -4.87. The van der Waals surface area contributed by atoms with E-state index in [0.717, 1.165) is 23.4 Å². The van der Waals surface area contributed by atoms with Crippen molar-refractivity contribution < 1.29 is 73.7 Å². The Bertz CT molecular complexity index is 2080. The molecule has 25 heteroatoms. The number of ether oxygens (including phenoxy) is 5. The van der Waals surface area contributed by atoms with E-state index in [-0.39, 0.29) is 82.2 Å². The van der Waals surface area contributed by atoms with Gasteiger partial charge in [-0.05, 0) is 94.7 Å². The first-order chi connectivity index (χ1) is 31.3. The molecule has 4 saturated heterocycles. The van der Waals surface area contributed by atoms with Crippen LogP contribution in [0, 0.1) is 6.92 Å². The molecule has 4 aliphatic heterocycles. The van der Waals surface area contributed by atoms with Crippen molar-refractivity contribution in [3.8, 4) is 17.2 Å². The Balaban J connectivity index is 0.000000290. The van der Waals surface area contributed by atoms with Gasteiger partial charge in [0.05, 0.1) is 13.2 Å². The molecule has 0 aromatic heterocycles. The Kier molecular flexibility index (Phi) is 20.8. The van der Waals surface area contributed by atoms with Gasteiger partial charge in [0.15, 0.2) is 9.49 Å². The third-order valence-corrected chi connectivity index (χ3v) is 18.0. The molecule has 67 heavy (non-hydrogen) atoms. The Morgan fingerprint density at radius 1 is 0.627 bits per heavy atom. The number of amides is 2. The number of likely N-dealkylation sites (tertiary alicyclic amines) is 2. The molecule has 2 amide bonds. The Morgan fingerprint density at radius 2 is 0.955 bits per heavy atom. The third-order valence-electron chi connectivity index (χ3n) is 12.7. The van der Waals surface area contributed by atoms with Crippen molar-refractivity contribution in [2.24, 2.45) is 0 Å². The molecule has 6 rings (SSSR count). The average Bonchev–Trinajstić information content (AvgIpc) is 3.31. The minimum absolute atomic E-state index is 0. The summed E-state index contributed by atoms with van der Waals surface area (Å²) in [5.74, 6) is -1.06. The van der Waals surface area contributed by atoms with E-state index >= 15 is 0 Å². The molecular formula is C42H64ClF3N6O13S2. The summed E-state index contributed by atoms with van der Waals surface area (Å²) in [6.45, 7) is 6.73. The van der Waals surface area contributed by atoms with Gasteiger partial charge in [-0.1, -0.05) is 17.7 Å². The fraction of sp³-hybridized carbons (Fsp3) is 0.667. The number of hydrogen-bond acceptors (Lipinski definition) is 15. The molecule has 380 valence electrons. The van der Waals surface area contributed by atoms with Gasteiger partial charge < -0.3 is 33.5 Å². The summed E-state index contributed by atoms with van der Waals surface area (Å²) in [5.41, 5.74) is 4.30. The summed E-state index contributed by atoms with van der Waals surface area (Å²) in [5, 5.41) is 18.6. The van der Waals surface area contributed by atoms with Crippen LogP contribution >= 0.6 is 12.4 Å². The monoisotopic (exact) mass is 1020 g/mol. The number of piperidine rings is 4. The predicted octanol–water partition coefficient (Wildman–Crippen LogP) is 3.32. The predicted molar refractivity (Wildman–Crippen MR) is 240 cm³/mol. The zero-order chi connectivity index (χ0) is 48.2. The first kappa shape index (κ1) is 56.0. The second-order valence-corrected chi connectivity index (χ2v) is 21.3. The van der Waals surface area contributed by atoms with Crippen molar-refractivity contribution in [3.05, 3.63) is 54.1 Å². The van der Waals surface area contributed by atoms with Crippen LogP contribution in [0.2, 0.25) is 0 Å². The quantitative estimate of drug-likeness (QED) is 0.132. The van der Waals surface area contributed by atoms with Gasteiger partial charge in [0.1, 0.15) is 29.5 Å². The summed E-state index contributed by atoms with van der Waals surface area (Å²) >= 11 is 0. The first-order valence-electron chi connectivity index (χ1n) is 21.9. The Hall–Kier alpha value is -3.56. The maximum Gasteiger partial charge on any atom is 0.573 e. The minimum Gasteiger partial charge on any atom is -0.490 e. The summed E-state index contributed by atoms with van der Waals surface area (Å²) in [6.07, 6.45) is -3.13. The SMILES string of the molecule is COCCN1CCC(C(=O)NO)(S(=O)(=O)N2CCC(Oc3ccc(C)cc3)CC2)CC1.COCCN1CCC(C(=O)NO)(S(=O)(=O)N2CCC(Oc3ccc(OC(F)(F)F)cc3)CC2)CC1.Cl. The Labute approximate surface area is 396 Å². The maximum absolute atomic E-state index is 13.6. The van der Waals surface area contributed by atoms with Gasteiger partial charge in [-0.2, -0.15) is 0 Å². The number of methoxy groups -OCH3 is 2. The van der Waals surface area contributed by atoms with Crippen molar-refractivity contribution in [2.45, 2.75) is 86.4 Å². The zero-order valence-corrected chi connectivity index (χ0v) is 40.4. The highest BCUT2D eigenvalue weighted by Gasteiger charge is 2.56. The number of carbonyl (C=O) groups excluding carboxylic acids is 2. The fourth-order valence-electron chi connectivity index (χ4n) is 8.72. The van der Waals surface area contributed by atoms with E-state index in [1.54, 1.807) is 25.2 Å². The number of halogens is 4. The van der Waals surface area contributed by atoms with Crippen molar-refractivity contribution in [1.82, 2.24) is 29.4 Å². The molecule has 0 bridgehead atoms. The number of hydroxylamine groups is 2. The average molecular weight is 1020 g/mol.